The van der Waals surface area contributed by atoms with Crippen LogP contribution in [0.4, 0.5) is 4.39 Å². The third-order valence-electron chi connectivity index (χ3n) is 3.28. The van der Waals surface area contributed by atoms with Crippen LogP contribution in [-0.4, -0.2) is 55.0 Å². The minimum Gasteiger partial charge on any atom is -0.376 e. The minimum atomic E-state index is -3.10. The second-order valence-electron chi connectivity index (χ2n) is 5.81. The zero-order valence-corrected chi connectivity index (χ0v) is 14.3. The first kappa shape index (κ1) is 18.5. The predicted molar refractivity (Wildman–Crippen MR) is 81.5 cm³/mol. The third-order valence-corrected chi connectivity index (χ3v) is 6.64. The summed E-state index contributed by atoms with van der Waals surface area (Å²) < 4.78 is 31.0. The van der Waals surface area contributed by atoms with E-state index < -0.39 is 30.4 Å². The summed E-state index contributed by atoms with van der Waals surface area (Å²) in [6.45, 7) is 5.55. The van der Waals surface area contributed by atoms with E-state index >= 15 is 0 Å². The molecule has 0 aromatic rings. The van der Waals surface area contributed by atoms with Crippen LogP contribution in [0.2, 0.25) is 0 Å². The van der Waals surface area contributed by atoms with Gasteiger partial charge in [-0.15, -0.1) is 0 Å². The fourth-order valence-electron chi connectivity index (χ4n) is 1.79. The molecule has 1 N–H and O–H groups in total. The van der Waals surface area contributed by atoms with Crippen LogP contribution in [0.3, 0.4) is 0 Å². The van der Waals surface area contributed by atoms with Gasteiger partial charge in [0.25, 0.3) is 0 Å². The van der Waals surface area contributed by atoms with Gasteiger partial charge >= 0.3 is 0 Å². The Balaban J connectivity index is 2.87. The van der Waals surface area contributed by atoms with E-state index in [1.165, 1.54) is 6.92 Å². The van der Waals surface area contributed by atoms with Crippen molar-refractivity contribution in [3.63, 3.8) is 0 Å². The Labute approximate surface area is 126 Å². The van der Waals surface area contributed by atoms with E-state index in [1.54, 1.807) is 13.8 Å². The molecule has 0 amide bonds. The molecule has 1 fully saturated rings. The van der Waals surface area contributed by atoms with Crippen molar-refractivity contribution < 1.29 is 23.3 Å². The van der Waals surface area contributed by atoms with Gasteiger partial charge in [0.15, 0.2) is 12.2 Å². The third kappa shape index (κ3) is 4.25. The highest BCUT2D eigenvalue weighted by Gasteiger charge is 2.54. The highest BCUT2D eigenvalue weighted by molar-refractivity contribution is 8.09. The van der Waals surface area contributed by atoms with Crippen LogP contribution in [0.25, 0.3) is 0 Å². The molecular weight excluding hydrogens is 301 g/mol. The number of ether oxygens (including phenoxy) is 2. The smallest absolute Gasteiger partial charge is 0.189 e. The lowest BCUT2D eigenvalue weighted by Crippen LogP contribution is -2.44. The van der Waals surface area contributed by atoms with Crippen molar-refractivity contribution in [3.8, 4) is 0 Å². The lowest BCUT2D eigenvalue weighted by Gasteiger charge is -2.31. The van der Waals surface area contributed by atoms with E-state index in [4.69, 9.17) is 33.7 Å². The summed E-state index contributed by atoms with van der Waals surface area (Å²) in [7, 11) is 5.66. The summed E-state index contributed by atoms with van der Waals surface area (Å²) in [5.74, 6) is 0. The molecule has 116 valence electrons. The lowest BCUT2D eigenvalue weighted by molar-refractivity contribution is -0.0430. The first-order valence-electron chi connectivity index (χ1n) is 6.71. The summed E-state index contributed by atoms with van der Waals surface area (Å²) >= 11 is 5.07. The fraction of sp³-hybridized carbons (Fsp3) is 1.00. The summed E-state index contributed by atoms with van der Waals surface area (Å²) in [5, 5.41) is 0. The average molecular weight is 324 g/mol. The highest BCUT2D eigenvalue weighted by Crippen LogP contribution is 2.52. The van der Waals surface area contributed by atoms with Gasteiger partial charge in [0.05, 0.1) is 18.7 Å². The maximum Gasteiger partial charge on any atom is 0.189 e. The maximum absolute atomic E-state index is 14.7. The van der Waals surface area contributed by atoms with Gasteiger partial charge in [0.2, 0.25) is 0 Å². The van der Waals surface area contributed by atoms with Crippen LogP contribution in [0.1, 0.15) is 34.6 Å². The molecule has 5 atom stereocenters. The Hall–Kier alpha value is 0.485. The largest absolute Gasteiger partial charge is 0.376 e. The molecule has 0 saturated carbocycles. The van der Waals surface area contributed by atoms with Crippen molar-refractivity contribution in [2.24, 2.45) is 0 Å². The Morgan fingerprint density at radius 3 is 2.45 bits per heavy atom. The molecule has 8 heteroatoms. The van der Waals surface area contributed by atoms with Crippen LogP contribution in [0.15, 0.2) is 0 Å². The summed E-state index contributed by atoms with van der Waals surface area (Å²) in [6, 6.07) is -1.13. The van der Waals surface area contributed by atoms with Crippen LogP contribution in [0, 0.1) is 0 Å². The molecule has 0 aliphatic carbocycles. The number of halogens is 1. The van der Waals surface area contributed by atoms with Crippen molar-refractivity contribution in [3.05, 3.63) is 0 Å². The molecule has 20 heavy (non-hydrogen) atoms. The average Bonchev–Trinajstić information content (AvgIpc) is 2.49. The van der Waals surface area contributed by atoms with Crippen LogP contribution >= 0.6 is 6.49 Å². The second kappa shape index (κ2) is 6.72. The first-order valence-corrected chi connectivity index (χ1v) is 9.45. The van der Waals surface area contributed by atoms with Crippen molar-refractivity contribution in [1.82, 2.24) is 0 Å². The Morgan fingerprint density at radius 1 is 1.45 bits per heavy atom. The van der Waals surface area contributed by atoms with Crippen LogP contribution < -0.4 is 0 Å². The second-order valence-corrected chi connectivity index (χ2v) is 9.75. The fourth-order valence-corrected chi connectivity index (χ4v) is 2.98. The van der Waals surface area contributed by atoms with E-state index in [2.05, 4.69) is 0 Å². The number of alkyl halides is 1. The molecule has 1 aliphatic rings. The van der Waals surface area contributed by atoms with Crippen molar-refractivity contribution in [2.75, 3.05) is 6.61 Å². The summed E-state index contributed by atoms with van der Waals surface area (Å²) in [5.41, 5.74) is -2.19. The van der Waals surface area contributed by atoms with E-state index in [-0.39, 0.29) is 18.4 Å². The van der Waals surface area contributed by atoms with E-state index in [0.717, 1.165) is 0 Å². The molecular formula is C12H23BFO4PS. The van der Waals surface area contributed by atoms with Gasteiger partial charge in [-0.3, -0.25) is 0 Å². The van der Waals surface area contributed by atoms with E-state index in [1.807, 2.05) is 13.8 Å². The monoisotopic (exact) mass is 324 g/mol. The van der Waals surface area contributed by atoms with Crippen molar-refractivity contribution in [2.45, 2.75) is 70.3 Å². The van der Waals surface area contributed by atoms with E-state index in [9.17, 15) is 9.28 Å². The van der Waals surface area contributed by atoms with Gasteiger partial charge < -0.3 is 18.9 Å². The molecule has 0 bridgehead atoms. The molecule has 1 aliphatic heterocycles. The van der Waals surface area contributed by atoms with Crippen molar-refractivity contribution in [1.29, 1.82) is 0 Å². The molecule has 1 heterocycles. The van der Waals surface area contributed by atoms with Gasteiger partial charge in [0, 0.05) is 5.66 Å². The van der Waals surface area contributed by atoms with Gasteiger partial charge in [-0.25, -0.2) is 4.39 Å². The molecule has 2 radical (unpaired) electrons. The summed E-state index contributed by atoms with van der Waals surface area (Å²) in [6.07, 6.45) is -1.74. The zero-order chi connectivity index (χ0) is 15.7. The molecule has 1 unspecified atom stereocenters. The highest BCUT2D eigenvalue weighted by atomic mass is 32.5. The molecule has 4 nitrogen and oxygen atoms in total. The first-order chi connectivity index (χ1) is 8.98. The lowest BCUT2D eigenvalue weighted by atomic mass is 9.83. The summed E-state index contributed by atoms with van der Waals surface area (Å²) in [4.78, 5) is 10.2. The Kier molecular flexibility index (Phi) is 6.22. The van der Waals surface area contributed by atoms with Gasteiger partial charge in [0.1, 0.15) is 20.1 Å². The number of hydrogen-bond acceptors (Lipinski definition) is 4. The maximum atomic E-state index is 14.7. The van der Waals surface area contributed by atoms with Crippen LogP contribution in [0.5, 0.6) is 0 Å². The normalized spacial score (nSPS) is 37.5. The van der Waals surface area contributed by atoms with Crippen molar-refractivity contribution >= 4 is 26.1 Å². The predicted octanol–water partition coefficient (Wildman–Crippen LogP) is 2.13. The number of rotatable bonds is 6. The SMILES string of the molecule is [B][C@@H]1O[C@H](COC(C)C)[C@@H](OP(O)(=S)C(C)C)[C@]1(C)F. The molecule has 0 aromatic heterocycles. The zero-order valence-electron chi connectivity index (χ0n) is 12.6. The van der Waals surface area contributed by atoms with Gasteiger partial charge in [-0.05, 0) is 32.6 Å². The van der Waals surface area contributed by atoms with Gasteiger partial charge in [-0.2, -0.15) is 0 Å². The van der Waals surface area contributed by atoms with Gasteiger partial charge in [-0.1, -0.05) is 13.8 Å². The van der Waals surface area contributed by atoms with Crippen LogP contribution in [-0.2, 0) is 25.8 Å². The quantitative estimate of drug-likeness (QED) is 0.599. The standard InChI is InChI=1S/C12H23BFO4PS/c1-7(2)16-6-9-10(12(5,14)11(13)17-9)18-19(15,20)8(3)4/h7-11H,6H2,1-5H3,(H,15,20)/t9-,10-,11-,12+,19?/m1/s1. The topological polar surface area (TPSA) is 47.9 Å². The Bertz CT molecular complexity index is 380. The molecule has 0 spiro atoms. The minimum absolute atomic E-state index is 0.0239. The number of hydrogen-bond donors (Lipinski definition) is 1. The molecule has 1 rings (SSSR count). The Morgan fingerprint density at radius 2 is 2.00 bits per heavy atom. The molecule has 0 aromatic carbocycles. The molecule has 1 saturated heterocycles. The van der Waals surface area contributed by atoms with E-state index in [0.29, 0.717) is 0 Å².